The molecule has 1 amide bonds. The predicted octanol–water partition coefficient (Wildman–Crippen LogP) is 4.39. The van der Waals surface area contributed by atoms with E-state index in [9.17, 15) is 4.79 Å². The number of carbonyl (C=O) groups is 1. The first kappa shape index (κ1) is 18.4. The van der Waals surface area contributed by atoms with E-state index in [1.165, 1.54) is 11.8 Å². The molecule has 27 heavy (non-hydrogen) atoms. The number of fused-ring (bicyclic) bond motifs is 5. The fraction of sp³-hybridized carbons (Fsp3) is 0.524. The molecule has 0 saturated heterocycles. The summed E-state index contributed by atoms with van der Waals surface area (Å²) in [5.74, 6) is 0.673. The van der Waals surface area contributed by atoms with Gasteiger partial charge in [0.2, 0.25) is 11.1 Å². The van der Waals surface area contributed by atoms with Crippen LogP contribution in [0.5, 0.6) is 0 Å². The number of carbonyl (C=O) groups excluding carboxylic acids is 1. The van der Waals surface area contributed by atoms with Crippen LogP contribution in [-0.4, -0.2) is 26.8 Å². The Labute approximate surface area is 164 Å². The van der Waals surface area contributed by atoms with E-state index in [1.807, 2.05) is 32.0 Å². The molecule has 2 aliphatic carbocycles. The third-order valence-corrected chi connectivity index (χ3v) is 7.61. The van der Waals surface area contributed by atoms with Crippen LogP contribution in [0.15, 0.2) is 23.4 Å². The van der Waals surface area contributed by atoms with E-state index in [2.05, 4.69) is 36.3 Å². The molecule has 1 aromatic carbocycles. The first-order valence-corrected chi connectivity index (χ1v) is 10.5. The van der Waals surface area contributed by atoms with Gasteiger partial charge in [-0.15, -0.1) is 5.10 Å². The molecule has 2 aromatic rings. The maximum absolute atomic E-state index is 12.4. The minimum atomic E-state index is -0.0501. The predicted molar refractivity (Wildman–Crippen MR) is 108 cm³/mol. The molecule has 0 spiro atoms. The Morgan fingerprint density at radius 1 is 1.26 bits per heavy atom. The summed E-state index contributed by atoms with van der Waals surface area (Å²) in [5, 5.41) is 12.4. The molecule has 1 N–H and O–H groups in total. The van der Waals surface area contributed by atoms with Gasteiger partial charge in [-0.1, -0.05) is 44.7 Å². The summed E-state index contributed by atoms with van der Waals surface area (Å²) in [5.41, 5.74) is 5.43. The second kappa shape index (κ2) is 6.30. The second-order valence-corrected chi connectivity index (χ2v) is 9.57. The van der Waals surface area contributed by atoms with Gasteiger partial charge in [0.05, 0.1) is 17.1 Å². The Bertz CT molecular complexity index is 926. The SMILES string of the molecule is Cc1ccc(C)c(NC(=O)CSc2nnc3c(n2)[C@@]2(C)CC[C@H]3C2(C)C)c1. The highest BCUT2D eigenvalue weighted by Gasteiger charge is 2.61. The zero-order valence-corrected chi connectivity index (χ0v) is 17.4. The van der Waals surface area contributed by atoms with Crippen LogP contribution >= 0.6 is 11.8 Å². The van der Waals surface area contributed by atoms with Crippen molar-refractivity contribution in [3.05, 3.63) is 40.7 Å². The molecule has 5 nitrogen and oxygen atoms in total. The van der Waals surface area contributed by atoms with Gasteiger partial charge in [-0.3, -0.25) is 4.79 Å². The average Bonchev–Trinajstić information content (AvgIpc) is 2.95. The Hall–Kier alpha value is -1.95. The van der Waals surface area contributed by atoms with Gasteiger partial charge in [-0.2, -0.15) is 5.10 Å². The van der Waals surface area contributed by atoms with Gasteiger partial charge in [-0.05, 0) is 49.3 Å². The monoisotopic (exact) mass is 382 g/mol. The maximum Gasteiger partial charge on any atom is 0.234 e. The van der Waals surface area contributed by atoms with Crippen LogP contribution in [0.2, 0.25) is 0 Å². The largest absolute Gasteiger partial charge is 0.325 e. The molecule has 2 atom stereocenters. The molecule has 1 heterocycles. The van der Waals surface area contributed by atoms with E-state index in [0.29, 0.717) is 11.1 Å². The van der Waals surface area contributed by atoms with Crippen molar-refractivity contribution in [3.8, 4) is 0 Å². The number of anilines is 1. The molecule has 0 unspecified atom stereocenters. The minimum absolute atomic E-state index is 0.0501. The summed E-state index contributed by atoms with van der Waals surface area (Å²) in [7, 11) is 0. The second-order valence-electron chi connectivity index (χ2n) is 8.63. The molecular formula is C21H26N4OS. The number of amides is 1. The Balaban J connectivity index is 1.46. The number of nitrogens with one attached hydrogen (secondary N) is 1. The summed E-state index contributed by atoms with van der Waals surface area (Å²) >= 11 is 1.35. The first-order valence-electron chi connectivity index (χ1n) is 9.47. The number of thioether (sulfide) groups is 1. The van der Waals surface area contributed by atoms with Gasteiger partial charge in [0, 0.05) is 17.0 Å². The Morgan fingerprint density at radius 2 is 2.04 bits per heavy atom. The maximum atomic E-state index is 12.4. The summed E-state index contributed by atoms with van der Waals surface area (Å²) in [6.07, 6.45) is 2.31. The van der Waals surface area contributed by atoms with Crippen molar-refractivity contribution in [3.63, 3.8) is 0 Å². The van der Waals surface area contributed by atoms with Crippen molar-refractivity contribution >= 4 is 23.4 Å². The fourth-order valence-electron chi connectivity index (χ4n) is 4.61. The summed E-state index contributed by atoms with van der Waals surface area (Å²) in [4.78, 5) is 17.2. The molecule has 6 heteroatoms. The lowest BCUT2D eigenvalue weighted by atomic mass is 9.70. The molecule has 4 rings (SSSR count). The molecule has 1 saturated carbocycles. The third kappa shape index (κ3) is 2.85. The van der Waals surface area contributed by atoms with E-state index in [0.717, 1.165) is 41.0 Å². The van der Waals surface area contributed by atoms with Crippen molar-refractivity contribution in [2.75, 3.05) is 11.1 Å². The van der Waals surface area contributed by atoms with Crippen LogP contribution < -0.4 is 5.32 Å². The number of hydrogen-bond donors (Lipinski definition) is 1. The van der Waals surface area contributed by atoms with Gasteiger partial charge in [0.25, 0.3) is 0 Å². The smallest absolute Gasteiger partial charge is 0.234 e. The van der Waals surface area contributed by atoms with E-state index in [-0.39, 0.29) is 22.5 Å². The molecule has 2 bridgehead atoms. The summed E-state index contributed by atoms with van der Waals surface area (Å²) < 4.78 is 0. The van der Waals surface area contributed by atoms with Gasteiger partial charge >= 0.3 is 0 Å². The number of aryl methyl sites for hydroxylation is 2. The summed E-state index contributed by atoms with van der Waals surface area (Å²) in [6.45, 7) is 10.9. The van der Waals surface area contributed by atoms with Crippen LogP contribution in [-0.2, 0) is 10.2 Å². The van der Waals surface area contributed by atoms with Crippen LogP contribution in [0, 0.1) is 19.3 Å². The van der Waals surface area contributed by atoms with Crippen molar-refractivity contribution in [1.82, 2.24) is 15.2 Å². The standard InChI is InChI=1S/C21H26N4OS/c1-12-6-7-13(2)15(10-12)22-16(26)11-27-19-23-18-17(24-25-19)14-8-9-21(18,5)20(14,3)4/h6-7,10,14H,8-9,11H2,1-5H3,(H,22,26)/t14-,21-/m1/s1. The minimum Gasteiger partial charge on any atom is -0.325 e. The quantitative estimate of drug-likeness (QED) is 0.794. The lowest BCUT2D eigenvalue weighted by Crippen LogP contribution is -2.32. The highest BCUT2D eigenvalue weighted by atomic mass is 32.2. The van der Waals surface area contributed by atoms with E-state index in [1.54, 1.807) is 0 Å². The van der Waals surface area contributed by atoms with E-state index in [4.69, 9.17) is 4.98 Å². The van der Waals surface area contributed by atoms with Gasteiger partial charge in [-0.25, -0.2) is 4.98 Å². The lowest BCUT2D eigenvalue weighted by Gasteiger charge is -2.33. The first-order chi connectivity index (χ1) is 12.7. The molecule has 2 aliphatic rings. The van der Waals surface area contributed by atoms with Gasteiger partial charge < -0.3 is 5.32 Å². The molecule has 1 aromatic heterocycles. The lowest BCUT2D eigenvalue weighted by molar-refractivity contribution is -0.113. The van der Waals surface area contributed by atoms with Crippen LogP contribution in [0.1, 0.15) is 62.0 Å². The van der Waals surface area contributed by atoms with Crippen molar-refractivity contribution < 1.29 is 4.79 Å². The topological polar surface area (TPSA) is 67.8 Å². The van der Waals surface area contributed by atoms with Gasteiger partial charge in [0.15, 0.2) is 0 Å². The molecule has 1 fully saturated rings. The number of rotatable bonds is 4. The number of nitrogens with zero attached hydrogens (tertiary/aromatic N) is 3. The highest BCUT2D eigenvalue weighted by molar-refractivity contribution is 7.99. The van der Waals surface area contributed by atoms with Crippen LogP contribution in [0.3, 0.4) is 0 Å². The summed E-state index contributed by atoms with van der Waals surface area (Å²) in [6, 6.07) is 6.05. The van der Waals surface area contributed by atoms with Crippen LogP contribution in [0.25, 0.3) is 0 Å². The highest BCUT2D eigenvalue weighted by Crippen LogP contribution is 2.66. The number of hydrogen-bond acceptors (Lipinski definition) is 5. The molecule has 0 radical (unpaired) electrons. The van der Waals surface area contributed by atoms with Crippen LogP contribution in [0.4, 0.5) is 5.69 Å². The molecule has 142 valence electrons. The van der Waals surface area contributed by atoms with Crippen molar-refractivity contribution in [1.29, 1.82) is 0 Å². The Morgan fingerprint density at radius 3 is 2.81 bits per heavy atom. The molecular weight excluding hydrogens is 356 g/mol. The fourth-order valence-corrected chi connectivity index (χ4v) is 5.20. The van der Waals surface area contributed by atoms with E-state index < -0.39 is 0 Å². The van der Waals surface area contributed by atoms with Crippen molar-refractivity contribution in [2.24, 2.45) is 5.41 Å². The normalized spacial score (nSPS) is 24.7. The average molecular weight is 383 g/mol. The van der Waals surface area contributed by atoms with Crippen molar-refractivity contribution in [2.45, 2.75) is 63.9 Å². The number of aromatic nitrogens is 3. The number of benzene rings is 1. The zero-order chi connectivity index (χ0) is 19.4. The van der Waals surface area contributed by atoms with E-state index >= 15 is 0 Å². The zero-order valence-electron chi connectivity index (χ0n) is 16.6. The Kier molecular flexibility index (Phi) is 4.29. The molecule has 0 aliphatic heterocycles. The third-order valence-electron chi connectivity index (χ3n) is 6.77. The van der Waals surface area contributed by atoms with Gasteiger partial charge in [0.1, 0.15) is 0 Å².